The second-order valence-electron chi connectivity index (χ2n) is 5.73. The molecule has 6 heteroatoms. The van der Waals surface area contributed by atoms with E-state index in [-0.39, 0.29) is 31.0 Å². The second-order valence-corrected chi connectivity index (χ2v) is 5.73. The highest BCUT2D eigenvalue weighted by Gasteiger charge is 2.35. The first-order valence-electron chi connectivity index (χ1n) is 7.76. The van der Waals surface area contributed by atoms with Crippen LogP contribution in [0.2, 0.25) is 0 Å². The van der Waals surface area contributed by atoms with Crippen LogP contribution in [0.25, 0.3) is 0 Å². The maximum atomic E-state index is 12.4. The van der Waals surface area contributed by atoms with Gasteiger partial charge >= 0.3 is 6.09 Å². The third kappa shape index (κ3) is 3.41. The molecule has 1 amide bonds. The summed E-state index contributed by atoms with van der Waals surface area (Å²) in [6.07, 6.45) is -0.270. The minimum absolute atomic E-state index is 0.0238. The zero-order valence-corrected chi connectivity index (χ0v) is 14.2. The molecule has 126 valence electrons. The van der Waals surface area contributed by atoms with E-state index < -0.39 is 6.09 Å². The van der Waals surface area contributed by atoms with Gasteiger partial charge in [-0.15, -0.1) is 0 Å². The number of carbonyl (C=O) groups is 2. The van der Waals surface area contributed by atoms with Gasteiger partial charge in [0.05, 0.1) is 25.5 Å². The highest BCUT2D eigenvalue weighted by molar-refractivity contribution is 6.08. The predicted octanol–water partition coefficient (Wildman–Crippen LogP) is 3.42. The van der Waals surface area contributed by atoms with Crippen molar-refractivity contribution in [3.05, 3.63) is 17.7 Å². The third-order valence-electron chi connectivity index (χ3n) is 3.59. The molecule has 0 N–H and O–H groups in total. The van der Waals surface area contributed by atoms with Gasteiger partial charge in [-0.2, -0.15) is 0 Å². The SMILES string of the molecule is CCOC(=O)N1c2cc(OC)c(OC(C)C)cc2C(=O)CC1C. The number of nitrogens with zero attached hydrogens (tertiary/aromatic N) is 1. The lowest BCUT2D eigenvalue weighted by Crippen LogP contribution is -2.44. The summed E-state index contributed by atoms with van der Waals surface area (Å²) in [7, 11) is 1.53. The van der Waals surface area contributed by atoms with Crippen LogP contribution >= 0.6 is 0 Å². The van der Waals surface area contributed by atoms with Crippen molar-refractivity contribution < 1.29 is 23.8 Å². The fraction of sp³-hybridized carbons (Fsp3) is 0.529. The van der Waals surface area contributed by atoms with E-state index in [9.17, 15) is 9.59 Å². The molecule has 1 unspecified atom stereocenters. The molecule has 1 aromatic rings. The first kappa shape index (κ1) is 17.1. The van der Waals surface area contributed by atoms with Crippen molar-refractivity contribution in [2.24, 2.45) is 0 Å². The summed E-state index contributed by atoms with van der Waals surface area (Å²) in [5, 5.41) is 0. The maximum absolute atomic E-state index is 12.4. The zero-order valence-electron chi connectivity index (χ0n) is 14.2. The number of ketones is 1. The van der Waals surface area contributed by atoms with Gasteiger partial charge in [0.25, 0.3) is 0 Å². The Bertz CT molecular complexity index is 611. The molecule has 0 radical (unpaired) electrons. The van der Waals surface area contributed by atoms with Crippen molar-refractivity contribution in [3.8, 4) is 11.5 Å². The molecule has 0 bridgehead atoms. The van der Waals surface area contributed by atoms with Crippen LogP contribution in [0.15, 0.2) is 12.1 Å². The van der Waals surface area contributed by atoms with Gasteiger partial charge in [0, 0.05) is 24.1 Å². The topological polar surface area (TPSA) is 65.1 Å². The van der Waals surface area contributed by atoms with Crippen LogP contribution in [0.5, 0.6) is 11.5 Å². The van der Waals surface area contributed by atoms with Crippen LogP contribution in [0.4, 0.5) is 10.5 Å². The Morgan fingerprint density at radius 2 is 2.04 bits per heavy atom. The summed E-state index contributed by atoms with van der Waals surface area (Å²) in [6.45, 7) is 7.64. The molecule has 0 aliphatic carbocycles. The predicted molar refractivity (Wildman–Crippen MR) is 86.7 cm³/mol. The Hall–Kier alpha value is -2.24. The van der Waals surface area contributed by atoms with Gasteiger partial charge in [-0.3, -0.25) is 9.69 Å². The highest BCUT2D eigenvalue weighted by atomic mass is 16.6. The first-order chi connectivity index (χ1) is 10.9. The van der Waals surface area contributed by atoms with Crippen LogP contribution in [-0.2, 0) is 4.74 Å². The molecule has 0 saturated heterocycles. The number of carbonyl (C=O) groups excluding carboxylic acids is 2. The minimum Gasteiger partial charge on any atom is -0.493 e. The fourth-order valence-corrected chi connectivity index (χ4v) is 2.66. The summed E-state index contributed by atoms with van der Waals surface area (Å²) in [4.78, 5) is 26.1. The number of anilines is 1. The summed E-state index contributed by atoms with van der Waals surface area (Å²) in [5.74, 6) is 0.950. The maximum Gasteiger partial charge on any atom is 0.414 e. The number of hydrogen-bond donors (Lipinski definition) is 0. The molecule has 1 aromatic carbocycles. The number of ether oxygens (including phenoxy) is 3. The van der Waals surface area contributed by atoms with Crippen molar-refractivity contribution >= 4 is 17.6 Å². The lowest BCUT2D eigenvalue weighted by Gasteiger charge is -2.34. The van der Waals surface area contributed by atoms with Gasteiger partial charge in [-0.1, -0.05) is 0 Å². The number of methoxy groups -OCH3 is 1. The largest absolute Gasteiger partial charge is 0.493 e. The standard InChI is InChI=1S/C17H23NO5/c1-6-22-17(20)18-11(4)7-14(19)12-8-16(23-10(2)3)15(21-5)9-13(12)18/h8-11H,6-7H2,1-5H3. The summed E-state index contributed by atoms with van der Waals surface area (Å²) < 4.78 is 16.2. The molecule has 2 rings (SSSR count). The van der Waals surface area contributed by atoms with Crippen LogP contribution in [0, 0.1) is 0 Å². The fourth-order valence-electron chi connectivity index (χ4n) is 2.66. The Balaban J connectivity index is 2.54. The molecular formula is C17H23NO5. The molecular weight excluding hydrogens is 298 g/mol. The monoisotopic (exact) mass is 321 g/mol. The van der Waals surface area contributed by atoms with Gasteiger partial charge in [0.2, 0.25) is 0 Å². The quantitative estimate of drug-likeness (QED) is 0.850. The lowest BCUT2D eigenvalue weighted by molar-refractivity contribution is 0.0965. The average molecular weight is 321 g/mol. The molecule has 0 saturated carbocycles. The zero-order chi connectivity index (χ0) is 17.1. The van der Waals surface area contributed by atoms with Gasteiger partial charge in [0.1, 0.15) is 0 Å². The normalized spacial score (nSPS) is 17.0. The second kappa shape index (κ2) is 6.89. The molecule has 1 aliphatic rings. The van der Waals surface area contributed by atoms with Crippen molar-refractivity contribution in [3.63, 3.8) is 0 Å². The number of benzene rings is 1. The lowest BCUT2D eigenvalue weighted by atomic mass is 9.95. The molecule has 1 atom stereocenters. The van der Waals surface area contributed by atoms with E-state index >= 15 is 0 Å². The van der Waals surface area contributed by atoms with E-state index in [0.29, 0.717) is 22.7 Å². The molecule has 1 aliphatic heterocycles. The Kier molecular flexibility index (Phi) is 5.13. The van der Waals surface area contributed by atoms with Gasteiger partial charge in [-0.05, 0) is 33.8 Å². The van der Waals surface area contributed by atoms with Crippen LogP contribution in [-0.4, -0.2) is 37.7 Å². The number of Topliss-reactive ketones (excluding diaryl/α,β-unsaturated/α-hetero) is 1. The van der Waals surface area contributed by atoms with E-state index in [1.165, 1.54) is 12.0 Å². The van der Waals surface area contributed by atoms with E-state index in [4.69, 9.17) is 14.2 Å². The van der Waals surface area contributed by atoms with Gasteiger partial charge in [0.15, 0.2) is 17.3 Å². The average Bonchev–Trinajstić information content (AvgIpc) is 2.47. The Morgan fingerprint density at radius 1 is 1.35 bits per heavy atom. The van der Waals surface area contributed by atoms with Crippen LogP contribution in [0.3, 0.4) is 0 Å². The molecule has 6 nitrogen and oxygen atoms in total. The van der Waals surface area contributed by atoms with Crippen molar-refractivity contribution in [1.82, 2.24) is 0 Å². The summed E-state index contributed by atoms with van der Waals surface area (Å²) in [5.41, 5.74) is 0.952. The summed E-state index contributed by atoms with van der Waals surface area (Å²) in [6, 6.07) is 3.04. The van der Waals surface area contributed by atoms with E-state index in [1.807, 2.05) is 20.8 Å². The number of hydrogen-bond acceptors (Lipinski definition) is 5. The van der Waals surface area contributed by atoms with E-state index in [2.05, 4.69) is 0 Å². The van der Waals surface area contributed by atoms with E-state index in [0.717, 1.165) is 0 Å². The number of rotatable bonds is 4. The first-order valence-corrected chi connectivity index (χ1v) is 7.76. The molecule has 1 heterocycles. The molecule has 0 aromatic heterocycles. The number of amides is 1. The smallest absolute Gasteiger partial charge is 0.414 e. The van der Waals surface area contributed by atoms with Crippen molar-refractivity contribution in [2.75, 3.05) is 18.6 Å². The number of fused-ring (bicyclic) bond motifs is 1. The van der Waals surface area contributed by atoms with Crippen molar-refractivity contribution in [2.45, 2.75) is 46.3 Å². The Morgan fingerprint density at radius 3 is 2.61 bits per heavy atom. The summed E-state index contributed by atoms with van der Waals surface area (Å²) >= 11 is 0. The van der Waals surface area contributed by atoms with Gasteiger partial charge in [-0.25, -0.2) is 4.79 Å². The third-order valence-corrected chi connectivity index (χ3v) is 3.59. The minimum atomic E-state index is -0.465. The van der Waals surface area contributed by atoms with Crippen LogP contribution in [0.1, 0.15) is 44.5 Å². The van der Waals surface area contributed by atoms with Crippen LogP contribution < -0.4 is 14.4 Å². The molecule has 0 fully saturated rings. The molecule has 0 spiro atoms. The van der Waals surface area contributed by atoms with E-state index in [1.54, 1.807) is 19.1 Å². The highest BCUT2D eigenvalue weighted by Crippen LogP contribution is 2.40. The van der Waals surface area contributed by atoms with Crippen molar-refractivity contribution in [1.29, 1.82) is 0 Å². The molecule has 23 heavy (non-hydrogen) atoms. The van der Waals surface area contributed by atoms with Gasteiger partial charge < -0.3 is 14.2 Å². The Labute approximate surface area is 136 Å².